The molecule has 0 aliphatic heterocycles. The Morgan fingerprint density at radius 3 is 2.19 bits per heavy atom. The van der Waals surface area contributed by atoms with E-state index in [0.717, 1.165) is 11.1 Å². The number of hydrogen-bond donors (Lipinski definition) is 2. The highest BCUT2D eigenvalue weighted by Crippen LogP contribution is 2.35. The quantitative estimate of drug-likeness (QED) is 0.390. The van der Waals surface area contributed by atoms with E-state index in [0.29, 0.717) is 17.0 Å². The molecule has 0 saturated heterocycles. The SMILES string of the molecule is Oc1ccc(O)c(/C=N/c2nc(-c3ccccc3)c(-c3ccccc3)o2)c1. The van der Waals surface area contributed by atoms with Crippen LogP contribution in [-0.4, -0.2) is 21.4 Å². The van der Waals surface area contributed by atoms with E-state index in [-0.39, 0.29) is 17.5 Å². The lowest BCUT2D eigenvalue weighted by molar-refractivity contribution is 0.459. The molecule has 0 aliphatic carbocycles. The molecule has 27 heavy (non-hydrogen) atoms. The summed E-state index contributed by atoms with van der Waals surface area (Å²) in [4.78, 5) is 8.75. The van der Waals surface area contributed by atoms with Crippen molar-refractivity contribution >= 4 is 12.2 Å². The van der Waals surface area contributed by atoms with Crippen molar-refractivity contribution < 1.29 is 14.6 Å². The smallest absolute Gasteiger partial charge is 0.322 e. The Balaban J connectivity index is 1.78. The normalized spacial score (nSPS) is 11.1. The van der Waals surface area contributed by atoms with E-state index in [1.807, 2.05) is 60.7 Å². The van der Waals surface area contributed by atoms with Gasteiger partial charge in [-0.25, -0.2) is 4.99 Å². The predicted molar refractivity (Wildman–Crippen MR) is 104 cm³/mol. The van der Waals surface area contributed by atoms with E-state index in [1.54, 1.807) is 0 Å². The van der Waals surface area contributed by atoms with Gasteiger partial charge in [0.2, 0.25) is 0 Å². The number of phenolic OH excluding ortho intramolecular Hbond substituents is 2. The molecular weight excluding hydrogens is 340 g/mol. The molecule has 0 aliphatic rings. The highest BCUT2D eigenvalue weighted by atomic mass is 16.4. The molecule has 0 saturated carbocycles. The zero-order valence-electron chi connectivity index (χ0n) is 14.3. The Hall–Kier alpha value is -3.86. The number of aliphatic imine (C=N–C) groups is 1. The van der Waals surface area contributed by atoms with Crippen molar-refractivity contribution in [1.29, 1.82) is 0 Å². The van der Waals surface area contributed by atoms with Crippen molar-refractivity contribution in [3.05, 3.63) is 84.4 Å². The average molecular weight is 356 g/mol. The number of aromatic hydroxyl groups is 2. The van der Waals surface area contributed by atoms with E-state index < -0.39 is 0 Å². The molecule has 0 amide bonds. The summed E-state index contributed by atoms with van der Waals surface area (Å²) in [5.74, 6) is 0.667. The van der Waals surface area contributed by atoms with Crippen LogP contribution in [0, 0.1) is 0 Å². The molecule has 0 fully saturated rings. The molecule has 0 bridgehead atoms. The first-order chi connectivity index (χ1) is 13.2. The summed E-state index contributed by atoms with van der Waals surface area (Å²) >= 11 is 0. The van der Waals surface area contributed by atoms with Crippen molar-refractivity contribution in [1.82, 2.24) is 4.98 Å². The summed E-state index contributed by atoms with van der Waals surface area (Å²) in [5, 5.41) is 19.4. The minimum atomic E-state index is 0.00896. The lowest BCUT2D eigenvalue weighted by Crippen LogP contribution is -1.82. The van der Waals surface area contributed by atoms with Gasteiger partial charge in [0.05, 0.1) is 0 Å². The Morgan fingerprint density at radius 2 is 1.48 bits per heavy atom. The van der Waals surface area contributed by atoms with Crippen LogP contribution in [0.15, 0.2) is 88.3 Å². The van der Waals surface area contributed by atoms with E-state index >= 15 is 0 Å². The lowest BCUT2D eigenvalue weighted by atomic mass is 10.1. The van der Waals surface area contributed by atoms with Crippen LogP contribution < -0.4 is 0 Å². The van der Waals surface area contributed by atoms with Crippen LogP contribution in [0.5, 0.6) is 11.5 Å². The third-order valence-electron chi connectivity index (χ3n) is 4.02. The van der Waals surface area contributed by atoms with Gasteiger partial charge in [-0.2, -0.15) is 4.98 Å². The van der Waals surface area contributed by atoms with Crippen LogP contribution in [0.1, 0.15) is 5.56 Å². The molecule has 0 radical (unpaired) electrons. The maximum Gasteiger partial charge on any atom is 0.322 e. The lowest BCUT2D eigenvalue weighted by Gasteiger charge is -2.00. The number of aromatic nitrogens is 1. The first kappa shape index (κ1) is 16.6. The summed E-state index contributed by atoms with van der Waals surface area (Å²) < 4.78 is 5.89. The molecule has 0 unspecified atom stereocenters. The molecule has 3 aromatic carbocycles. The maximum atomic E-state index is 9.88. The molecule has 132 valence electrons. The van der Waals surface area contributed by atoms with Crippen LogP contribution in [-0.2, 0) is 0 Å². The second-order valence-corrected chi connectivity index (χ2v) is 5.91. The average Bonchev–Trinajstić information content (AvgIpc) is 3.14. The maximum absolute atomic E-state index is 9.88. The van der Waals surface area contributed by atoms with Gasteiger partial charge in [-0.05, 0) is 18.2 Å². The highest BCUT2D eigenvalue weighted by Gasteiger charge is 2.16. The largest absolute Gasteiger partial charge is 0.508 e. The summed E-state index contributed by atoms with van der Waals surface area (Å²) in [6, 6.07) is 23.8. The Kier molecular flexibility index (Phi) is 4.41. The van der Waals surface area contributed by atoms with Gasteiger partial charge in [-0.1, -0.05) is 60.7 Å². The third-order valence-corrected chi connectivity index (χ3v) is 4.02. The van der Waals surface area contributed by atoms with Gasteiger partial charge in [0.25, 0.3) is 0 Å². The van der Waals surface area contributed by atoms with Crippen molar-refractivity contribution in [2.45, 2.75) is 0 Å². The van der Waals surface area contributed by atoms with Gasteiger partial charge in [0, 0.05) is 22.9 Å². The fraction of sp³-hybridized carbons (Fsp3) is 0. The van der Waals surface area contributed by atoms with Crippen molar-refractivity contribution in [3.8, 4) is 34.1 Å². The van der Waals surface area contributed by atoms with E-state index in [4.69, 9.17) is 4.42 Å². The minimum absolute atomic E-state index is 0.00896. The zero-order chi connectivity index (χ0) is 18.6. The second kappa shape index (κ2) is 7.17. The van der Waals surface area contributed by atoms with Crippen LogP contribution in [0.25, 0.3) is 22.6 Å². The topological polar surface area (TPSA) is 78.9 Å². The molecule has 0 atom stereocenters. The molecule has 4 rings (SSSR count). The van der Waals surface area contributed by atoms with Gasteiger partial charge in [0.1, 0.15) is 17.2 Å². The number of nitrogens with zero attached hydrogens (tertiary/aromatic N) is 2. The Bertz CT molecular complexity index is 1030. The standard InChI is InChI=1S/C22H16N2O3/c25-18-11-12-19(26)17(13-18)14-23-22-24-20(15-7-3-1-4-8-15)21(27-22)16-9-5-2-6-10-16/h1-14,25-26H/b23-14+. The molecule has 1 aromatic heterocycles. The molecule has 0 spiro atoms. The molecule has 2 N–H and O–H groups in total. The van der Waals surface area contributed by atoms with E-state index in [1.165, 1.54) is 24.4 Å². The Morgan fingerprint density at radius 1 is 0.815 bits per heavy atom. The molecule has 5 nitrogen and oxygen atoms in total. The van der Waals surface area contributed by atoms with Crippen LogP contribution in [0.3, 0.4) is 0 Å². The molecule has 4 aromatic rings. The minimum Gasteiger partial charge on any atom is -0.508 e. The van der Waals surface area contributed by atoms with E-state index in [2.05, 4.69) is 9.98 Å². The fourth-order valence-electron chi connectivity index (χ4n) is 2.71. The number of hydrogen-bond acceptors (Lipinski definition) is 5. The molecule has 1 heterocycles. The summed E-state index contributed by atoms with van der Waals surface area (Å²) in [7, 11) is 0. The summed E-state index contributed by atoms with van der Waals surface area (Å²) in [5.41, 5.74) is 2.87. The summed E-state index contributed by atoms with van der Waals surface area (Å²) in [6.07, 6.45) is 1.41. The Labute approximate surface area is 155 Å². The van der Waals surface area contributed by atoms with Crippen molar-refractivity contribution in [2.24, 2.45) is 4.99 Å². The van der Waals surface area contributed by atoms with Crippen LogP contribution >= 0.6 is 0 Å². The molecular formula is C22H16N2O3. The van der Waals surface area contributed by atoms with Gasteiger partial charge in [0.15, 0.2) is 5.76 Å². The predicted octanol–water partition coefficient (Wildman–Crippen LogP) is 5.17. The van der Waals surface area contributed by atoms with Gasteiger partial charge < -0.3 is 14.6 Å². The van der Waals surface area contributed by atoms with Crippen LogP contribution in [0.2, 0.25) is 0 Å². The van der Waals surface area contributed by atoms with Gasteiger partial charge in [-0.3, -0.25) is 0 Å². The number of rotatable bonds is 4. The van der Waals surface area contributed by atoms with Crippen LogP contribution in [0.4, 0.5) is 6.01 Å². The number of oxazole rings is 1. The van der Waals surface area contributed by atoms with E-state index in [9.17, 15) is 10.2 Å². The number of benzene rings is 3. The first-order valence-electron chi connectivity index (χ1n) is 8.38. The molecule has 5 heteroatoms. The monoisotopic (exact) mass is 356 g/mol. The van der Waals surface area contributed by atoms with Crippen molar-refractivity contribution in [2.75, 3.05) is 0 Å². The van der Waals surface area contributed by atoms with Gasteiger partial charge >= 0.3 is 6.01 Å². The highest BCUT2D eigenvalue weighted by molar-refractivity contribution is 5.86. The number of phenols is 2. The van der Waals surface area contributed by atoms with Crippen molar-refractivity contribution in [3.63, 3.8) is 0 Å². The first-order valence-corrected chi connectivity index (χ1v) is 8.38. The third kappa shape index (κ3) is 3.57. The second-order valence-electron chi connectivity index (χ2n) is 5.91. The fourth-order valence-corrected chi connectivity index (χ4v) is 2.71. The zero-order valence-corrected chi connectivity index (χ0v) is 14.3. The summed E-state index contributed by atoms with van der Waals surface area (Å²) in [6.45, 7) is 0. The van der Waals surface area contributed by atoms with Gasteiger partial charge in [-0.15, -0.1) is 0 Å².